The third-order valence-electron chi connectivity index (χ3n) is 2.88. The summed E-state index contributed by atoms with van der Waals surface area (Å²) in [5.41, 5.74) is 1.13. The fourth-order valence-electron chi connectivity index (χ4n) is 1.95. The van der Waals surface area contributed by atoms with Crippen LogP contribution in [-0.2, 0) is 0 Å². The Bertz CT molecular complexity index is 610. The van der Waals surface area contributed by atoms with Gasteiger partial charge in [-0.2, -0.15) is 0 Å². The number of ether oxygens (including phenoxy) is 1. The summed E-state index contributed by atoms with van der Waals surface area (Å²) < 4.78 is 7.91. The molecule has 2 heterocycles. The number of rotatable bonds is 3. The molecule has 0 aliphatic heterocycles. The fourth-order valence-corrected chi connectivity index (χ4v) is 1.95. The lowest BCUT2D eigenvalue weighted by molar-refractivity contribution is 0.153. The highest BCUT2D eigenvalue weighted by Gasteiger charge is 2.05. The Labute approximate surface area is 99.6 Å². The lowest BCUT2D eigenvalue weighted by Crippen LogP contribution is -2.09. The smallest absolute Gasteiger partial charge is 0.172 e. The van der Waals surface area contributed by atoms with Crippen LogP contribution in [-0.4, -0.2) is 9.55 Å². The summed E-state index contributed by atoms with van der Waals surface area (Å²) in [4.78, 5) is 3.17. The number of hydrogen-bond donors (Lipinski definition) is 1. The molecular formula is C14H14N2O. The van der Waals surface area contributed by atoms with Crippen molar-refractivity contribution in [2.75, 3.05) is 0 Å². The van der Waals surface area contributed by atoms with Crippen LogP contribution in [0.5, 0.6) is 5.75 Å². The molecular weight excluding hydrogens is 212 g/mol. The van der Waals surface area contributed by atoms with E-state index in [4.69, 9.17) is 4.74 Å². The molecule has 1 atom stereocenters. The van der Waals surface area contributed by atoms with Crippen LogP contribution in [0.2, 0.25) is 0 Å². The van der Waals surface area contributed by atoms with Crippen molar-refractivity contribution in [1.29, 1.82) is 0 Å². The van der Waals surface area contributed by atoms with Crippen LogP contribution in [0.15, 0.2) is 55.0 Å². The van der Waals surface area contributed by atoms with Gasteiger partial charge in [-0.15, -0.1) is 0 Å². The molecule has 3 nitrogen and oxygen atoms in total. The zero-order valence-electron chi connectivity index (χ0n) is 9.63. The largest absolute Gasteiger partial charge is 0.470 e. The van der Waals surface area contributed by atoms with E-state index in [1.165, 1.54) is 5.39 Å². The quantitative estimate of drug-likeness (QED) is 0.727. The zero-order chi connectivity index (χ0) is 11.7. The van der Waals surface area contributed by atoms with E-state index in [2.05, 4.69) is 4.98 Å². The molecule has 0 radical (unpaired) electrons. The summed E-state index contributed by atoms with van der Waals surface area (Å²) in [5.74, 6) is 0.887. The van der Waals surface area contributed by atoms with Crippen molar-refractivity contribution in [3.63, 3.8) is 0 Å². The van der Waals surface area contributed by atoms with Crippen LogP contribution in [0.4, 0.5) is 0 Å². The Hall–Kier alpha value is -2.16. The maximum Gasteiger partial charge on any atom is 0.172 e. The summed E-state index contributed by atoms with van der Waals surface area (Å²) in [6.45, 7) is 2.03. The van der Waals surface area contributed by atoms with Gasteiger partial charge in [-0.3, -0.25) is 0 Å². The lowest BCUT2D eigenvalue weighted by atomic mass is 10.2. The van der Waals surface area contributed by atoms with Crippen molar-refractivity contribution < 1.29 is 4.74 Å². The molecule has 1 aromatic carbocycles. The minimum atomic E-state index is 0.00129. The molecule has 0 saturated carbocycles. The number of hydrogen-bond acceptors (Lipinski definition) is 1. The summed E-state index contributed by atoms with van der Waals surface area (Å²) in [7, 11) is 0. The average molecular weight is 226 g/mol. The molecule has 3 rings (SSSR count). The standard InChI is InChI=1S/C14H14N2O/c1-11(16-8-2-3-9-16)17-13-4-5-14-12(10-13)6-7-15-14/h2-11,15H,1H3. The molecule has 0 aliphatic rings. The molecule has 17 heavy (non-hydrogen) atoms. The summed E-state index contributed by atoms with van der Waals surface area (Å²) >= 11 is 0. The topological polar surface area (TPSA) is 29.9 Å². The first kappa shape index (κ1) is 10.0. The van der Waals surface area contributed by atoms with Gasteiger partial charge in [-0.25, -0.2) is 0 Å². The maximum absolute atomic E-state index is 5.89. The van der Waals surface area contributed by atoms with E-state index in [0.717, 1.165) is 11.3 Å². The number of aromatic nitrogens is 2. The molecule has 3 heteroatoms. The molecule has 0 amide bonds. The van der Waals surface area contributed by atoms with Gasteiger partial charge in [0.15, 0.2) is 6.23 Å². The van der Waals surface area contributed by atoms with Gasteiger partial charge in [0, 0.05) is 29.5 Å². The minimum absolute atomic E-state index is 0.00129. The highest BCUT2D eigenvalue weighted by atomic mass is 16.5. The van der Waals surface area contributed by atoms with E-state index in [9.17, 15) is 0 Å². The number of aromatic amines is 1. The van der Waals surface area contributed by atoms with Gasteiger partial charge in [0.2, 0.25) is 0 Å². The number of benzene rings is 1. The van der Waals surface area contributed by atoms with Crippen LogP contribution in [0.1, 0.15) is 13.2 Å². The van der Waals surface area contributed by atoms with Crippen LogP contribution in [0.3, 0.4) is 0 Å². The predicted molar refractivity (Wildman–Crippen MR) is 68.1 cm³/mol. The Morgan fingerprint density at radius 3 is 2.82 bits per heavy atom. The van der Waals surface area contributed by atoms with Gasteiger partial charge in [0.05, 0.1) is 0 Å². The SMILES string of the molecule is CC(Oc1ccc2[nH]ccc2c1)n1cccc1. The molecule has 0 fully saturated rings. The molecule has 0 saturated heterocycles. The first-order chi connectivity index (χ1) is 8.33. The predicted octanol–water partition coefficient (Wildman–Crippen LogP) is 3.57. The monoisotopic (exact) mass is 226 g/mol. The molecule has 1 N–H and O–H groups in total. The second-order valence-corrected chi connectivity index (χ2v) is 4.07. The Morgan fingerprint density at radius 2 is 2.00 bits per heavy atom. The first-order valence-electron chi connectivity index (χ1n) is 5.69. The van der Waals surface area contributed by atoms with Crippen molar-refractivity contribution in [2.24, 2.45) is 0 Å². The summed E-state index contributed by atoms with van der Waals surface area (Å²) in [5, 5.41) is 1.17. The number of fused-ring (bicyclic) bond motifs is 1. The van der Waals surface area contributed by atoms with E-state index in [0.29, 0.717) is 0 Å². The van der Waals surface area contributed by atoms with Crippen LogP contribution in [0.25, 0.3) is 10.9 Å². The van der Waals surface area contributed by atoms with E-state index >= 15 is 0 Å². The summed E-state index contributed by atoms with van der Waals surface area (Å²) in [6.07, 6.45) is 5.93. The Morgan fingerprint density at radius 1 is 1.18 bits per heavy atom. The first-order valence-corrected chi connectivity index (χ1v) is 5.69. The Balaban J connectivity index is 1.84. The third-order valence-corrected chi connectivity index (χ3v) is 2.88. The van der Waals surface area contributed by atoms with E-state index in [-0.39, 0.29) is 6.23 Å². The van der Waals surface area contributed by atoms with Crippen LogP contribution >= 0.6 is 0 Å². The van der Waals surface area contributed by atoms with Crippen molar-refractivity contribution in [1.82, 2.24) is 9.55 Å². The van der Waals surface area contributed by atoms with Crippen molar-refractivity contribution in [3.8, 4) is 5.75 Å². The molecule has 3 aromatic rings. The summed E-state index contributed by atoms with van der Waals surface area (Å²) in [6, 6.07) is 12.1. The minimum Gasteiger partial charge on any atom is -0.470 e. The van der Waals surface area contributed by atoms with E-state index < -0.39 is 0 Å². The molecule has 0 spiro atoms. The zero-order valence-corrected chi connectivity index (χ0v) is 9.63. The average Bonchev–Trinajstić information content (AvgIpc) is 2.99. The molecule has 2 aromatic heterocycles. The van der Waals surface area contributed by atoms with E-state index in [1.54, 1.807) is 0 Å². The van der Waals surface area contributed by atoms with Crippen molar-refractivity contribution >= 4 is 10.9 Å². The fraction of sp³-hybridized carbons (Fsp3) is 0.143. The van der Waals surface area contributed by atoms with Gasteiger partial charge in [0.1, 0.15) is 5.75 Å². The second-order valence-electron chi connectivity index (χ2n) is 4.07. The molecule has 1 unspecified atom stereocenters. The lowest BCUT2D eigenvalue weighted by Gasteiger charge is -2.16. The second kappa shape index (κ2) is 4.01. The number of nitrogens with zero attached hydrogens (tertiary/aromatic N) is 1. The number of H-pyrrole nitrogens is 1. The highest BCUT2D eigenvalue weighted by Crippen LogP contribution is 2.22. The Kier molecular flexibility index (Phi) is 2.37. The maximum atomic E-state index is 5.89. The van der Waals surface area contributed by atoms with Gasteiger partial charge >= 0.3 is 0 Å². The number of nitrogens with one attached hydrogen (secondary N) is 1. The molecule has 0 bridgehead atoms. The van der Waals surface area contributed by atoms with Gasteiger partial charge < -0.3 is 14.3 Å². The van der Waals surface area contributed by atoms with Gasteiger partial charge in [-0.05, 0) is 43.3 Å². The van der Waals surface area contributed by atoms with E-state index in [1.807, 2.05) is 66.5 Å². The third kappa shape index (κ3) is 1.91. The van der Waals surface area contributed by atoms with Crippen LogP contribution in [0, 0.1) is 0 Å². The highest BCUT2D eigenvalue weighted by molar-refractivity contribution is 5.80. The molecule has 86 valence electrons. The normalized spacial score (nSPS) is 12.8. The van der Waals surface area contributed by atoms with Crippen molar-refractivity contribution in [2.45, 2.75) is 13.2 Å². The van der Waals surface area contributed by atoms with Crippen LogP contribution < -0.4 is 4.74 Å². The van der Waals surface area contributed by atoms with Crippen molar-refractivity contribution in [3.05, 3.63) is 55.0 Å². The molecule has 0 aliphatic carbocycles. The van der Waals surface area contributed by atoms with Gasteiger partial charge in [0.25, 0.3) is 0 Å². The van der Waals surface area contributed by atoms with Gasteiger partial charge in [-0.1, -0.05) is 0 Å².